The van der Waals surface area contributed by atoms with E-state index in [0.29, 0.717) is 23.0 Å². The van der Waals surface area contributed by atoms with Crippen molar-refractivity contribution in [2.75, 3.05) is 25.5 Å². The summed E-state index contributed by atoms with van der Waals surface area (Å²) in [4.78, 5) is 31.2. The Balaban J connectivity index is 1.57. The number of aromatic nitrogens is 1. The zero-order valence-electron chi connectivity index (χ0n) is 15.4. The first-order valence-electron chi connectivity index (χ1n) is 8.56. The molecule has 8 heteroatoms. The molecule has 142 valence electrons. The molecule has 6 nitrogen and oxygen atoms in total. The fraction of sp³-hybridized carbons (Fsp3) is 0.316. The van der Waals surface area contributed by atoms with E-state index in [-0.39, 0.29) is 18.4 Å². The predicted molar refractivity (Wildman–Crippen MR) is 110 cm³/mol. The second-order valence-electron chi connectivity index (χ2n) is 6.14. The van der Waals surface area contributed by atoms with E-state index in [9.17, 15) is 9.59 Å². The van der Waals surface area contributed by atoms with Crippen LogP contribution in [0, 0.1) is 6.92 Å². The van der Waals surface area contributed by atoms with Gasteiger partial charge < -0.3 is 10.1 Å². The van der Waals surface area contributed by atoms with E-state index in [2.05, 4.69) is 10.3 Å². The van der Waals surface area contributed by atoms with Crippen molar-refractivity contribution in [3.8, 4) is 0 Å². The van der Waals surface area contributed by atoms with Gasteiger partial charge in [-0.05, 0) is 44.7 Å². The maximum Gasteiger partial charge on any atom is 0.348 e. The number of hydrogen-bond donors (Lipinski definition) is 1. The molecule has 1 amide bonds. The summed E-state index contributed by atoms with van der Waals surface area (Å²) < 4.78 is 6.17. The van der Waals surface area contributed by atoms with Gasteiger partial charge in [-0.25, -0.2) is 9.78 Å². The molecule has 2 aromatic heterocycles. The average molecular weight is 404 g/mol. The number of amides is 1. The summed E-state index contributed by atoms with van der Waals surface area (Å²) in [5.74, 6) is -0.483. The van der Waals surface area contributed by atoms with Gasteiger partial charge in [0.15, 0.2) is 0 Å². The van der Waals surface area contributed by atoms with Gasteiger partial charge in [-0.3, -0.25) is 9.69 Å². The summed E-state index contributed by atoms with van der Waals surface area (Å²) in [6.07, 6.45) is 0. The number of nitrogens with one attached hydrogen (secondary N) is 1. The lowest BCUT2D eigenvalue weighted by molar-refractivity contribution is -0.117. The zero-order chi connectivity index (χ0) is 19.4. The molecular formula is C19H21N3O3S2. The summed E-state index contributed by atoms with van der Waals surface area (Å²) >= 11 is 2.87. The highest BCUT2D eigenvalue weighted by Crippen LogP contribution is 2.27. The molecule has 0 saturated heterocycles. The molecule has 0 saturated carbocycles. The first kappa shape index (κ1) is 19.5. The van der Waals surface area contributed by atoms with Gasteiger partial charge in [-0.2, -0.15) is 0 Å². The molecule has 0 unspecified atom stereocenters. The van der Waals surface area contributed by atoms with Crippen LogP contribution in [0.25, 0.3) is 10.2 Å². The van der Waals surface area contributed by atoms with Gasteiger partial charge in [0.1, 0.15) is 9.88 Å². The fourth-order valence-electron chi connectivity index (χ4n) is 2.64. The van der Waals surface area contributed by atoms with Crippen LogP contribution in [0.5, 0.6) is 0 Å². The van der Waals surface area contributed by atoms with E-state index in [0.717, 1.165) is 20.8 Å². The van der Waals surface area contributed by atoms with Crippen molar-refractivity contribution in [3.63, 3.8) is 0 Å². The molecule has 2 heterocycles. The molecule has 1 N–H and O–H groups in total. The highest BCUT2D eigenvalue weighted by atomic mass is 32.1. The van der Waals surface area contributed by atoms with Crippen molar-refractivity contribution < 1.29 is 14.3 Å². The lowest BCUT2D eigenvalue weighted by Gasteiger charge is -2.14. The van der Waals surface area contributed by atoms with Crippen molar-refractivity contribution in [3.05, 3.63) is 45.8 Å². The standard InChI is InChI=1S/C19H21N3O3S2/c1-4-25-19(24)18-12(2)9-16(27-18)21-15(23)10-22(3)11-17-20-13-7-5-6-8-14(13)26-17/h5-9H,4,10-11H2,1-3H3,(H,21,23). The molecular weight excluding hydrogens is 382 g/mol. The van der Waals surface area contributed by atoms with Gasteiger partial charge >= 0.3 is 5.97 Å². The number of thiophene rings is 1. The molecule has 0 aliphatic rings. The van der Waals surface area contributed by atoms with Crippen LogP contribution in [0.2, 0.25) is 0 Å². The molecule has 0 bridgehead atoms. The highest BCUT2D eigenvalue weighted by molar-refractivity contribution is 7.18. The van der Waals surface area contributed by atoms with Crippen LogP contribution in [0.1, 0.15) is 27.2 Å². The number of nitrogens with zero attached hydrogens (tertiary/aromatic N) is 2. The minimum atomic E-state index is -0.353. The summed E-state index contributed by atoms with van der Waals surface area (Å²) in [5, 5.41) is 4.48. The van der Waals surface area contributed by atoms with Crippen molar-refractivity contribution in [2.45, 2.75) is 20.4 Å². The molecule has 0 aliphatic heterocycles. The van der Waals surface area contributed by atoms with Gasteiger partial charge in [0.25, 0.3) is 0 Å². The second-order valence-corrected chi connectivity index (χ2v) is 8.31. The average Bonchev–Trinajstić information content (AvgIpc) is 3.17. The highest BCUT2D eigenvalue weighted by Gasteiger charge is 2.17. The van der Waals surface area contributed by atoms with E-state index in [4.69, 9.17) is 4.74 Å². The normalized spacial score (nSPS) is 11.1. The number of carbonyl (C=O) groups is 2. The van der Waals surface area contributed by atoms with Gasteiger partial charge in [-0.1, -0.05) is 12.1 Å². The van der Waals surface area contributed by atoms with Crippen LogP contribution < -0.4 is 5.32 Å². The molecule has 3 rings (SSSR count). The Hall–Kier alpha value is -2.29. The number of likely N-dealkylation sites (N-methyl/N-ethyl adjacent to an activating group) is 1. The Morgan fingerprint density at radius 2 is 2.04 bits per heavy atom. The number of fused-ring (bicyclic) bond motifs is 1. The number of hydrogen-bond acceptors (Lipinski definition) is 7. The number of rotatable bonds is 7. The lowest BCUT2D eigenvalue weighted by Crippen LogP contribution is -2.29. The smallest absolute Gasteiger partial charge is 0.348 e. The maximum atomic E-state index is 12.3. The van der Waals surface area contributed by atoms with Crippen molar-refractivity contribution in [1.29, 1.82) is 0 Å². The molecule has 0 atom stereocenters. The minimum absolute atomic E-state index is 0.129. The molecule has 0 aliphatic carbocycles. The van der Waals surface area contributed by atoms with Crippen LogP contribution >= 0.6 is 22.7 Å². The van der Waals surface area contributed by atoms with Gasteiger partial charge in [0.2, 0.25) is 5.91 Å². The van der Waals surface area contributed by atoms with E-state index in [1.807, 2.05) is 43.1 Å². The number of para-hydroxylation sites is 1. The Labute approximate surface area is 165 Å². The number of aryl methyl sites for hydroxylation is 1. The first-order chi connectivity index (χ1) is 13.0. The Bertz CT molecular complexity index is 931. The third kappa shape index (κ3) is 4.91. The van der Waals surface area contributed by atoms with Gasteiger partial charge in [0, 0.05) is 0 Å². The first-order valence-corrected chi connectivity index (χ1v) is 10.2. The molecule has 3 aromatic rings. The topological polar surface area (TPSA) is 71.5 Å². The van der Waals surface area contributed by atoms with E-state index in [1.54, 1.807) is 24.3 Å². The number of thiazole rings is 1. The molecule has 0 radical (unpaired) electrons. The Morgan fingerprint density at radius 1 is 1.26 bits per heavy atom. The van der Waals surface area contributed by atoms with Crippen molar-refractivity contribution >= 4 is 49.8 Å². The van der Waals surface area contributed by atoms with Gasteiger partial charge in [0.05, 0.1) is 34.9 Å². The van der Waals surface area contributed by atoms with Crippen molar-refractivity contribution in [2.24, 2.45) is 0 Å². The van der Waals surface area contributed by atoms with Crippen molar-refractivity contribution in [1.82, 2.24) is 9.88 Å². The minimum Gasteiger partial charge on any atom is -0.462 e. The predicted octanol–water partition coefficient (Wildman–Crippen LogP) is 3.91. The van der Waals surface area contributed by atoms with E-state index < -0.39 is 0 Å². The Kier molecular flexibility index (Phi) is 6.20. The summed E-state index contributed by atoms with van der Waals surface area (Å²) in [6, 6.07) is 9.79. The number of carbonyl (C=O) groups excluding carboxylic acids is 2. The lowest BCUT2D eigenvalue weighted by atomic mass is 10.3. The third-order valence-electron chi connectivity index (χ3n) is 3.80. The molecule has 0 fully saturated rings. The largest absolute Gasteiger partial charge is 0.462 e. The SMILES string of the molecule is CCOC(=O)c1sc(NC(=O)CN(C)Cc2nc3ccccc3s2)cc1C. The molecule has 1 aromatic carbocycles. The Morgan fingerprint density at radius 3 is 2.78 bits per heavy atom. The maximum absolute atomic E-state index is 12.3. The van der Waals surface area contributed by atoms with E-state index >= 15 is 0 Å². The fourth-order valence-corrected chi connectivity index (χ4v) is 4.67. The monoisotopic (exact) mass is 403 g/mol. The summed E-state index contributed by atoms with van der Waals surface area (Å²) in [7, 11) is 1.88. The molecule has 27 heavy (non-hydrogen) atoms. The number of benzene rings is 1. The number of esters is 1. The van der Waals surface area contributed by atoms with E-state index in [1.165, 1.54) is 11.3 Å². The summed E-state index contributed by atoms with van der Waals surface area (Å²) in [5.41, 5.74) is 1.78. The van der Waals surface area contributed by atoms with Crippen LogP contribution in [0.3, 0.4) is 0 Å². The van der Waals surface area contributed by atoms with Gasteiger partial charge in [-0.15, -0.1) is 22.7 Å². The quantitative estimate of drug-likeness (QED) is 0.606. The number of anilines is 1. The zero-order valence-corrected chi connectivity index (χ0v) is 17.1. The molecule has 0 spiro atoms. The van der Waals surface area contributed by atoms with Crippen LogP contribution in [0.4, 0.5) is 5.00 Å². The van der Waals surface area contributed by atoms with Crippen LogP contribution in [-0.4, -0.2) is 42.0 Å². The third-order valence-corrected chi connectivity index (χ3v) is 5.95. The second kappa shape index (κ2) is 8.60. The number of ether oxygens (including phenoxy) is 1. The van der Waals surface area contributed by atoms with Crippen LogP contribution in [0.15, 0.2) is 30.3 Å². The summed E-state index contributed by atoms with van der Waals surface area (Å²) in [6.45, 7) is 4.77. The van der Waals surface area contributed by atoms with Crippen LogP contribution in [-0.2, 0) is 16.1 Å².